The van der Waals surface area contributed by atoms with Gasteiger partial charge in [-0.05, 0) is 26.9 Å². The highest BCUT2D eigenvalue weighted by Gasteiger charge is 2.40. The number of ketones is 1. The molecule has 1 fully saturated rings. The number of carbonyl (C=O) groups excluding carboxylic acids is 1. The van der Waals surface area contributed by atoms with E-state index in [0.29, 0.717) is 0 Å². The Labute approximate surface area is 86.7 Å². The molecule has 0 aromatic carbocycles. The van der Waals surface area contributed by atoms with Crippen molar-refractivity contribution >= 4 is 5.78 Å². The molecule has 1 saturated carbocycles. The van der Waals surface area contributed by atoms with Gasteiger partial charge in [-0.3, -0.25) is 9.69 Å². The van der Waals surface area contributed by atoms with E-state index in [9.17, 15) is 4.79 Å². The van der Waals surface area contributed by atoms with Gasteiger partial charge in [-0.1, -0.05) is 25.2 Å². The average molecular weight is 193 g/mol. The number of likely N-dealkylation sites (N-methyl/N-ethyl adjacent to an activating group) is 1. The van der Waals surface area contributed by atoms with Crippen molar-refractivity contribution in [3.8, 4) is 12.3 Å². The normalized spacial score (nSPS) is 20.4. The molecule has 0 atom stereocenters. The molecule has 0 radical (unpaired) electrons. The first-order chi connectivity index (χ1) is 6.63. The van der Waals surface area contributed by atoms with Gasteiger partial charge in [-0.15, -0.1) is 6.42 Å². The van der Waals surface area contributed by atoms with Crippen LogP contribution in [0, 0.1) is 12.3 Å². The molecule has 0 aliphatic heterocycles. The van der Waals surface area contributed by atoms with E-state index in [1.807, 2.05) is 14.1 Å². The lowest BCUT2D eigenvalue weighted by molar-refractivity contribution is -0.130. The second kappa shape index (κ2) is 4.61. The SMILES string of the molecule is C#CCC(=O)C1(N(C)C)CCCCC1. The minimum absolute atomic E-state index is 0.227. The lowest BCUT2D eigenvalue weighted by atomic mass is 9.77. The minimum atomic E-state index is -0.259. The first-order valence-corrected chi connectivity index (χ1v) is 5.28. The van der Waals surface area contributed by atoms with Crippen LogP contribution in [0.15, 0.2) is 0 Å². The number of Topliss-reactive ketones (excluding diaryl/α,β-unsaturated/α-hetero) is 1. The van der Waals surface area contributed by atoms with E-state index in [4.69, 9.17) is 6.42 Å². The van der Waals surface area contributed by atoms with Gasteiger partial charge in [0.15, 0.2) is 5.78 Å². The first kappa shape index (κ1) is 11.3. The Balaban J connectivity index is 2.81. The van der Waals surface area contributed by atoms with Crippen molar-refractivity contribution in [3.63, 3.8) is 0 Å². The van der Waals surface area contributed by atoms with Crippen LogP contribution in [0.3, 0.4) is 0 Å². The minimum Gasteiger partial charge on any atom is -0.297 e. The van der Waals surface area contributed by atoms with E-state index in [2.05, 4.69) is 10.8 Å². The average Bonchev–Trinajstić information content (AvgIpc) is 2.19. The smallest absolute Gasteiger partial charge is 0.164 e. The second-order valence-electron chi connectivity index (χ2n) is 4.29. The van der Waals surface area contributed by atoms with Crippen LogP contribution in [0.2, 0.25) is 0 Å². The van der Waals surface area contributed by atoms with Gasteiger partial charge in [0.05, 0.1) is 12.0 Å². The summed E-state index contributed by atoms with van der Waals surface area (Å²) < 4.78 is 0. The number of hydrogen-bond acceptors (Lipinski definition) is 2. The summed E-state index contributed by atoms with van der Waals surface area (Å²) in [6.07, 6.45) is 11.0. The third-order valence-electron chi connectivity index (χ3n) is 3.32. The Morgan fingerprint density at radius 3 is 2.36 bits per heavy atom. The first-order valence-electron chi connectivity index (χ1n) is 5.28. The third-order valence-corrected chi connectivity index (χ3v) is 3.32. The Morgan fingerprint density at radius 2 is 1.93 bits per heavy atom. The van der Waals surface area contributed by atoms with Gasteiger partial charge in [-0.2, -0.15) is 0 Å². The molecule has 14 heavy (non-hydrogen) atoms. The van der Waals surface area contributed by atoms with E-state index in [1.165, 1.54) is 6.42 Å². The number of carbonyl (C=O) groups is 1. The van der Waals surface area contributed by atoms with Crippen LogP contribution in [0.5, 0.6) is 0 Å². The fraction of sp³-hybridized carbons (Fsp3) is 0.750. The maximum absolute atomic E-state index is 12.0. The van der Waals surface area contributed by atoms with Crippen molar-refractivity contribution < 1.29 is 4.79 Å². The molecular weight excluding hydrogens is 174 g/mol. The van der Waals surface area contributed by atoms with E-state index >= 15 is 0 Å². The predicted molar refractivity (Wildman–Crippen MR) is 58.0 cm³/mol. The Kier molecular flexibility index (Phi) is 3.71. The van der Waals surface area contributed by atoms with Crippen LogP contribution in [0.4, 0.5) is 0 Å². The van der Waals surface area contributed by atoms with Crippen LogP contribution in [-0.4, -0.2) is 30.3 Å². The summed E-state index contributed by atoms with van der Waals surface area (Å²) in [5.74, 6) is 2.69. The lowest BCUT2D eigenvalue weighted by Crippen LogP contribution is -2.52. The molecule has 78 valence electrons. The van der Waals surface area contributed by atoms with Crippen LogP contribution in [0.1, 0.15) is 38.5 Å². The lowest BCUT2D eigenvalue weighted by Gasteiger charge is -2.41. The molecule has 0 spiro atoms. The Morgan fingerprint density at radius 1 is 1.36 bits per heavy atom. The molecule has 0 aromatic rings. The Bertz CT molecular complexity index is 244. The number of rotatable bonds is 3. The van der Waals surface area contributed by atoms with Crippen molar-refractivity contribution in [2.45, 2.75) is 44.1 Å². The third kappa shape index (κ3) is 1.99. The van der Waals surface area contributed by atoms with E-state index in [0.717, 1.165) is 25.7 Å². The van der Waals surface area contributed by atoms with Gasteiger partial charge in [0.25, 0.3) is 0 Å². The number of terminal acetylenes is 1. The van der Waals surface area contributed by atoms with Gasteiger partial charge in [0, 0.05) is 0 Å². The maximum atomic E-state index is 12.0. The highest BCUT2D eigenvalue weighted by molar-refractivity contribution is 5.90. The highest BCUT2D eigenvalue weighted by atomic mass is 16.1. The van der Waals surface area contributed by atoms with Crippen LogP contribution in [0.25, 0.3) is 0 Å². The van der Waals surface area contributed by atoms with E-state index < -0.39 is 0 Å². The fourth-order valence-electron chi connectivity index (χ4n) is 2.37. The maximum Gasteiger partial charge on any atom is 0.164 e. The predicted octanol–water partition coefficient (Wildman–Crippen LogP) is 1.84. The molecular formula is C12H19NO. The molecule has 2 nitrogen and oxygen atoms in total. The molecule has 0 unspecified atom stereocenters. The van der Waals surface area contributed by atoms with Gasteiger partial charge in [0.2, 0.25) is 0 Å². The molecule has 0 amide bonds. The topological polar surface area (TPSA) is 20.3 Å². The molecule has 0 aromatic heterocycles. The molecule has 0 bridgehead atoms. The fourth-order valence-corrected chi connectivity index (χ4v) is 2.37. The Hall–Kier alpha value is -0.810. The highest BCUT2D eigenvalue weighted by Crippen LogP contribution is 2.33. The number of nitrogens with zero attached hydrogens (tertiary/aromatic N) is 1. The quantitative estimate of drug-likeness (QED) is 0.637. The van der Waals surface area contributed by atoms with Gasteiger partial charge >= 0.3 is 0 Å². The van der Waals surface area contributed by atoms with Crippen molar-refractivity contribution in [3.05, 3.63) is 0 Å². The largest absolute Gasteiger partial charge is 0.297 e. The summed E-state index contributed by atoms with van der Waals surface area (Å²) in [5, 5.41) is 0. The number of hydrogen-bond donors (Lipinski definition) is 0. The molecule has 0 N–H and O–H groups in total. The van der Waals surface area contributed by atoms with Crippen LogP contribution in [-0.2, 0) is 4.79 Å². The van der Waals surface area contributed by atoms with Crippen molar-refractivity contribution in [2.24, 2.45) is 0 Å². The van der Waals surface area contributed by atoms with E-state index in [-0.39, 0.29) is 17.7 Å². The second-order valence-corrected chi connectivity index (χ2v) is 4.29. The van der Waals surface area contributed by atoms with Crippen molar-refractivity contribution in [2.75, 3.05) is 14.1 Å². The molecule has 1 rings (SSSR count). The zero-order chi connectivity index (χ0) is 10.6. The molecule has 1 aliphatic carbocycles. The zero-order valence-electron chi connectivity index (χ0n) is 9.18. The molecule has 0 heterocycles. The van der Waals surface area contributed by atoms with Gasteiger partial charge in [0.1, 0.15) is 0 Å². The van der Waals surface area contributed by atoms with Crippen LogP contribution < -0.4 is 0 Å². The summed E-state index contributed by atoms with van der Waals surface area (Å²) in [7, 11) is 3.97. The summed E-state index contributed by atoms with van der Waals surface area (Å²) in [6, 6.07) is 0. The standard InChI is InChI=1S/C12H19NO/c1-4-8-11(14)12(13(2)3)9-6-5-7-10-12/h1H,5-10H2,2-3H3. The molecule has 0 saturated heterocycles. The van der Waals surface area contributed by atoms with E-state index in [1.54, 1.807) is 0 Å². The van der Waals surface area contributed by atoms with Crippen LogP contribution >= 0.6 is 0 Å². The molecule has 2 heteroatoms. The van der Waals surface area contributed by atoms with Gasteiger partial charge < -0.3 is 0 Å². The van der Waals surface area contributed by atoms with Gasteiger partial charge in [-0.25, -0.2) is 0 Å². The molecule has 1 aliphatic rings. The monoisotopic (exact) mass is 193 g/mol. The zero-order valence-corrected chi connectivity index (χ0v) is 9.18. The van der Waals surface area contributed by atoms with Crippen molar-refractivity contribution in [1.82, 2.24) is 4.90 Å². The summed E-state index contributed by atoms with van der Waals surface area (Å²) in [5.41, 5.74) is -0.259. The summed E-state index contributed by atoms with van der Waals surface area (Å²) in [4.78, 5) is 14.0. The summed E-state index contributed by atoms with van der Waals surface area (Å²) in [6.45, 7) is 0. The van der Waals surface area contributed by atoms with Crippen molar-refractivity contribution in [1.29, 1.82) is 0 Å². The summed E-state index contributed by atoms with van der Waals surface area (Å²) >= 11 is 0.